The zero-order valence-electron chi connectivity index (χ0n) is 17.8. The standard InChI is InChI=1S/C21H19N5O6S2/c1-31-16-9-14-13(8-18(16)34(29,30)26-6-2-3-19(26)32-21(27)28)20(23-10-22-14)25-12-4-5-17-15(7-12)24-11-33-17/h4-5,7-11,19H,2-3,6H2,1H3,(H,27,28)(H,22,23,25). The van der Waals surface area contributed by atoms with E-state index in [4.69, 9.17) is 14.6 Å². The van der Waals surface area contributed by atoms with E-state index in [1.54, 1.807) is 5.51 Å². The summed E-state index contributed by atoms with van der Waals surface area (Å²) in [5, 5.41) is 12.7. The van der Waals surface area contributed by atoms with Gasteiger partial charge < -0.3 is 19.9 Å². The molecule has 4 aromatic rings. The van der Waals surface area contributed by atoms with Crippen LogP contribution in [-0.4, -0.2) is 58.8 Å². The molecular weight excluding hydrogens is 482 g/mol. The molecule has 2 aromatic heterocycles. The van der Waals surface area contributed by atoms with Crippen LogP contribution in [0.2, 0.25) is 0 Å². The van der Waals surface area contributed by atoms with E-state index < -0.39 is 22.4 Å². The van der Waals surface area contributed by atoms with Crippen LogP contribution in [0.25, 0.3) is 21.1 Å². The number of hydrogen-bond acceptors (Lipinski definition) is 10. The van der Waals surface area contributed by atoms with Crippen LogP contribution < -0.4 is 10.1 Å². The molecule has 176 valence electrons. The van der Waals surface area contributed by atoms with Crippen molar-refractivity contribution in [1.82, 2.24) is 19.3 Å². The van der Waals surface area contributed by atoms with Gasteiger partial charge in [0.2, 0.25) is 10.0 Å². The molecule has 34 heavy (non-hydrogen) atoms. The highest BCUT2D eigenvalue weighted by Crippen LogP contribution is 2.36. The third kappa shape index (κ3) is 3.97. The van der Waals surface area contributed by atoms with Crippen molar-refractivity contribution in [2.24, 2.45) is 0 Å². The molecule has 1 fully saturated rings. The smallest absolute Gasteiger partial charge is 0.495 e. The lowest BCUT2D eigenvalue weighted by Gasteiger charge is -2.24. The van der Waals surface area contributed by atoms with E-state index >= 15 is 0 Å². The Morgan fingerprint density at radius 1 is 1.21 bits per heavy atom. The Hall–Kier alpha value is -3.55. The second kappa shape index (κ2) is 8.66. The molecule has 1 atom stereocenters. The topological polar surface area (TPSA) is 144 Å². The van der Waals surface area contributed by atoms with Crippen LogP contribution in [0, 0.1) is 0 Å². The Morgan fingerprint density at radius 3 is 2.85 bits per heavy atom. The van der Waals surface area contributed by atoms with Gasteiger partial charge in [-0.2, -0.15) is 4.31 Å². The number of thiazole rings is 1. The summed E-state index contributed by atoms with van der Waals surface area (Å²) in [4.78, 5) is 23.8. The Balaban J connectivity index is 1.59. The number of methoxy groups -OCH3 is 1. The second-order valence-corrected chi connectivity index (χ2v) is 10.2. The molecule has 0 amide bonds. The number of carboxylic acid groups (broad SMARTS) is 1. The van der Waals surface area contributed by atoms with Crippen LogP contribution in [0.4, 0.5) is 16.3 Å². The second-order valence-electron chi connectivity index (χ2n) is 7.50. The van der Waals surface area contributed by atoms with Crippen molar-refractivity contribution < 1.29 is 27.8 Å². The lowest BCUT2D eigenvalue weighted by molar-refractivity contribution is 0.0170. The summed E-state index contributed by atoms with van der Waals surface area (Å²) in [5.41, 5.74) is 3.80. The van der Waals surface area contributed by atoms with Crippen LogP contribution in [0.3, 0.4) is 0 Å². The zero-order valence-corrected chi connectivity index (χ0v) is 19.5. The van der Waals surface area contributed by atoms with Crippen molar-refractivity contribution >= 4 is 60.1 Å². The fourth-order valence-electron chi connectivity index (χ4n) is 3.94. The van der Waals surface area contributed by atoms with Gasteiger partial charge in [-0.05, 0) is 30.7 Å². The minimum atomic E-state index is -4.15. The van der Waals surface area contributed by atoms with Gasteiger partial charge in [-0.25, -0.2) is 28.2 Å². The van der Waals surface area contributed by atoms with Crippen molar-refractivity contribution in [3.63, 3.8) is 0 Å². The number of carbonyl (C=O) groups is 1. The van der Waals surface area contributed by atoms with E-state index in [1.807, 2.05) is 18.2 Å². The molecule has 2 N–H and O–H groups in total. The van der Waals surface area contributed by atoms with Crippen molar-refractivity contribution in [3.8, 4) is 5.75 Å². The molecule has 0 bridgehead atoms. The van der Waals surface area contributed by atoms with Gasteiger partial charge >= 0.3 is 6.16 Å². The maximum Gasteiger partial charge on any atom is 0.507 e. The Labute approximate surface area is 198 Å². The molecule has 11 nitrogen and oxygen atoms in total. The molecule has 0 spiro atoms. The normalized spacial score (nSPS) is 16.7. The number of hydrogen-bond donors (Lipinski definition) is 2. The number of nitrogens with zero attached hydrogens (tertiary/aromatic N) is 4. The number of sulfonamides is 1. The summed E-state index contributed by atoms with van der Waals surface area (Å²) in [7, 11) is -2.79. The fourth-order valence-corrected chi connectivity index (χ4v) is 6.34. The number of fused-ring (bicyclic) bond motifs is 2. The predicted octanol–water partition coefficient (Wildman–Crippen LogP) is 3.80. The Kier molecular flexibility index (Phi) is 5.67. The quantitative estimate of drug-likeness (QED) is 0.374. The average Bonchev–Trinajstić information content (AvgIpc) is 3.47. The van der Waals surface area contributed by atoms with Gasteiger partial charge in [0.25, 0.3) is 0 Å². The summed E-state index contributed by atoms with van der Waals surface area (Å²) in [5.74, 6) is 0.487. The van der Waals surface area contributed by atoms with Gasteiger partial charge in [0, 0.05) is 30.1 Å². The van der Waals surface area contributed by atoms with Crippen LogP contribution in [0.5, 0.6) is 5.75 Å². The molecule has 1 aliphatic heterocycles. The number of aromatic nitrogens is 3. The lowest BCUT2D eigenvalue weighted by Crippen LogP contribution is -2.38. The molecule has 2 aromatic carbocycles. The van der Waals surface area contributed by atoms with E-state index in [0.29, 0.717) is 23.1 Å². The maximum atomic E-state index is 13.5. The summed E-state index contributed by atoms with van der Waals surface area (Å²) in [6.07, 6.45) is -0.512. The first-order chi connectivity index (χ1) is 16.4. The maximum absolute atomic E-state index is 13.5. The number of nitrogens with one attached hydrogen (secondary N) is 1. The molecule has 1 saturated heterocycles. The van der Waals surface area contributed by atoms with Crippen LogP contribution >= 0.6 is 11.3 Å². The minimum Gasteiger partial charge on any atom is -0.495 e. The highest BCUT2D eigenvalue weighted by atomic mass is 32.2. The summed E-state index contributed by atoms with van der Waals surface area (Å²) in [6, 6.07) is 8.64. The lowest BCUT2D eigenvalue weighted by atomic mass is 10.2. The molecular formula is C21H19N5O6S2. The molecule has 0 radical (unpaired) electrons. The largest absolute Gasteiger partial charge is 0.507 e. The minimum absolute atomic E-state index is 0.0852. The number of ether oxygens (including phenoxy) is 2. The Bertz CT molecular complexity index is 1510. The number of benzene rings is 2. The SMILES string of the molecule is COc1cc2ncnc(Nc3ccc4scnc4c3)c2cc1S(=O)(=O)N1CCCC1OC(=O)O. The molecule has 5 rings (SSSR count). The third-order valence-corrected chi connectivity index (χ3v) is 8.21. The monoisotopic (exact) mass is 501 g/mol. The molecule has 0 saturated carbocycles. The van der Waals surface area contributed by atoms with Crippen LogP contribution in [0.1, 0.15) is 12.8 Å². The summed E-state index contributed by atoms with van der Waals surface area (Å²) < 4.78 is 39.3. The molecule has 1 aliphatic rings. The summed E-state index contributed by atoms with van der Waals surface area (Å²) >= 11 is 1.53. The van der Waals surface area contributed by atoms with Gasteiger partial charge in [-0.3, -0.25) is 0 Å². The molecule has 1 unspecified atom stereocenters. The van der Waals surface area contributed by atoms with Gasteiger partial charge in [-0.1, -0.05) is 0 Å². The average molecular weight is 502 g/mol. The van der Waals surface area contributed by atoms with E-state index in [1.165, 1.54) is 36.9 Å². The highest BCUT2D eigenvalue weighted by molar-refractivity contribution is 7.89. The first-order valence-electron chi connectivity index (χ1n) is 10.2. The fraction of sp³-hybridized carbons (Fsp3) is 0.238. The van der Waals surface area contributed by atoms with Gasteiger partial charge in [0.05, 0.1) is 28.4 Å². The Morgan fingerprint density at radius 2 is 2.06 bits per heavy atom. The molecule has 3 heterocycles. The van der Waals surface area contributed by atoms with E-state index in [0.717, 1.165) is 20.2 Å². The highest BCUT2D eigenvalue weighted by Gasteiger charge is 2.39. The van der Waals surface area contributed by atoms with Gasteiger partial charge in [0.1, 0.15) is 22.8 Å². The molecule has 0 aliphatic carbocycles. The van der Waals surface area contributed by atoms with E-state index in [2.05, 4.69) is 20.3 Å². The van der Waals surface area contributed by atoms with Crippen LogP contribution in [-0.2, 0) is 14.8 Å². The first kappa shape index (κ1) is 22.3. The van der Waals surface area contributed by atoms with E-state index in [-0.39, 0.29) is 23.6 Å². The van der Waals surface area contributed by atoms with Crippen LogP contribution in [0.15, 0.2) is 47.1 Å². The first-order valence-corrected chi connectivity index (χ1v) is 12.5. The number of anilines is 2. The van der Waals surface area contributed by atoms with Gasteiger partial charge in [-0.15, -0.1) is 11.3 Å². The van der Waals surface area contributed by atoms with E-state index in [9.17, 15) is 13.2 Å². The van der Waals surface area contributed by atoms with Crippen molar-refractivity contribution in [1.29, 1.82) is 0 Å². The predicted molar refractivity (Wildman–Crippen MR) is 125 cm³/mol. The molecule has 13 heteroatoms. The van der Waals surface area contributed by atoms with Crippen molar-refractivity contribution in [2.75, 3.05) is 19.0 Å². The van der Waals surface area contributed by atoms with Crippen molar-refractivity contribution in [3.05, 3.63) is 42.2 Å². The van der Waals surface area contributed by atoms with Crippen molar-refractivity contribution in [2.45, 2.75) is 24.0 Å². The number of rotatable bonds is 6. The third-order valence-electron chi connectivity index (χ3n) is 5.49. The van der Waals surface area contributed by atoms with Gasteiger partial charge in [0.15, 0.2) is 6.23 Å². The summed E-state index contributed by atoms with van der Waals surface area (Å²) in [6.45, 7) is 0.130. The zero-order chi connectivity index (χ0) is 23.9.